The van der Waals surface area contributed by atoms with Gasteiger partial charge in [-0.15, -0.1) is 0 Å². The third-order valence-electron chi connectivity index (χ3n) is 4.72. The predicted molar refractivity (Wildman–Crippen MR) is 136 cm³/mol. The van der Waals surface area contributed by atoms with E-state index in [1.165, 1.54) is 23.1 Å². The minimum atomic E-state index is -3.89. The minimum absolute atomic E-state index is 0.0860. The molecule has 2 aromatic rings. The predicted octanol–water partition coefficient (Wildman–Crippen LogP) is 4.46. The van der Waals surface area contributed by atoms with E-state index in [0.717, 1.165) is 20.6 Å². The third kappa shape index (κ3) is 7.88. The second kappa shape index (κ2) is 11.6. The fraction of sp³-hybridized carbons (Fsp3) is 0.364. The van der Waals surface area contributed by atoms with Crippen LogP contribution >= 0.6 is 39.1 Å². The number of nitrogens with one attached hydrogen (secondary N) is 1. The summed E-state index contributed by atoms with van der Waals surface area (Å²) in [5.74, 6) is -0.909. The highest BCUT2D eigenvalue weighted by Gasteiger charge is 2.31. The lowest BCUT2D eigenvalue weighted by atomic mass is 10.1. The van der Waals surface area contributed by atoms with Crippen LogP contribution in [0.5, 0.6) is 0 Å². The van der Waals surface area contributed by atoms with Gasteiger partial charge in [0.1, 0.15) is 12.6 Å². The fourth-order valence-electron chi connectivity index (χ4n) is 3.05. The van der Waals surface area contributed by atoms with E-state index < -0.39 is 28.5 Å². The van der Waals surface area contributed by atoms with Gasteiger partial charge < -0.3 is 10.2 Å². The summed E-state index contributed by atoms with van der Waals surface area (Å²) in [5.41, 5.74) is 0.866. The molecule has 180 valence electrons. The van der Waals surface area contributed by atoms with Crippen molar-refractivity contribution in [3.05, 3.63) is 62.5 Å². The zero-order valence-corrected chi connectivity index (χ0v) is 22.6. The molecule has 0 saturated heterocycles. The van der Waals surface area contributed by atoms with E-state index in [1.54, 1.807) is 6.92 Å². The van der Waals surface area contributed by atoms with Crippen molar-refractivity contribution in [2.75, 3.05) is 17.1 Å². The molecule has 33 heavy (non-hydrogen) atoms. The minimum Gasteiger partial charge on any atom is -0.352 e. The average Bonchev–Trinajstić information content (AvgIpc) is 2.71. The highest BCUT2D eigenvalue weighted by Crippen LogP contribution is 2.31. The van der Waals surface area contributed by atoms with E-state index in [0.29, 0.717) is 0 Å². The molecule has 0 aliphatic rings. The first-order chi connectivity index (χ1) is 15.3. The van der Waals surface area contributed by atoms with Crippen molar-refractivity contribution in [1.29, 1.82) is 0 Å². The van der Waals surface area contributed by atoms with Gasteiger partial charge >= 0.3 is 0 Å². The van der Waals surface area contributed by atoms with Crippen molar-refractivity contribution >= 4 is 66.7 Å². The van der Waals surface area contributed by atoms with E-state index in [-0.39, 0.29) is 34.2 Å². The Balaban J connectivity index is 2.42. The molecule has 0 heterocycles. The number of nitrogens with zero attached hydrogens (tertiary/aromatic N) is 2. The number of amides is 2. The van der Waals surface area contributed by atoms with Gasteiger partial charge in [-0.05, 0) is 56.7 Å². The normalized spacial score (nSPS) is 12.4. The molecule has 0 spiro atoms. The first kappa shape index (κ1) is 27.4. The van der Waals surface area contributed by atoms with Gasteiger partial charge in [-0.25, -0.2) is 8.42 Å². The molecule has 2 rings (SSSR count). The Morgan fingerprint density at radius 1 is 1.06 bits per heavy atom. The Kier molecular flexibility index (Phi) is 9.60. The number of carbonyl (C=O) groups excluding carboxylic acids is 2. The van der Waals surface area contributed by atoms with Crippen LogP contribution in [0.1, 0.15) is 26.3 Å². The van der Waals surface area contributed by atoms with Gasteiger partial charge in [0, 0.05) is 22.1 Å². The Morgan fingerprint density at radius 3 is 2.21 bits per heavy atom. The summed E-state index contributed by atoms with van der Waals surface area (Å²) in [6.45, 7) is 4.80. The van der Waals surface area contributed by atoms with Gasteiger partial charge in [0.25, 0.3) is 0 Å². The van der Waals surface area contributed by atoms with Crippen molar-refractivity contribution in [3.63, 3.8) is 0 Å². The monoisotopic (exact) mass is 577 g/mol. The van der Waals surface area contributed by atoms with Crippen molar-refractivity contribution in [1.82, 2.24) is 10.2 Å². The zero-order chi connectivity index (χ0) is 24.9. The number of halogens is 3. The summed E-state index contributed by atoms with van der Waals surface area (Å²) in [6, 6.07) is 10.7. The van der Waals surface area contributed by atoms with Crippen molar-refractivity contribution in [2.24, 2.45) is 0 Å². The maximum absolute atomic E-state index is 13.4. The second-order valence-electron chi connectivity index (χ2n) is 7.85. The van der Waals surface area contributed by atoms with Gasteiger partial charge in [0.05, 0.1) is 17.0 Å². The molecule has 1 atom stereocenters. The summed E-state index contributed by atoms with van der Waals surface area (Å²) in [4.78, 5) is 27.5. The topological polar surface area (TPSA) is 86.8 Å². The number of anilines is 1. The lowest BCUT2D eigenvalue weighted by Gasteiger charge is -2.32. The first-order valence-electron chi connectivity index (χ1n) is 10.1. The Bertz CT molecular complexity index is 1110. The second-order valence-corrected chi connectivity index (χ2v) is 11.5. The van der Waals surface area contributed by atoms with Crippen LogP contribution in [0.15, 0.2) is 46.9 Å². The number of carbonyl (C=O) groups is 2. The molecule has 0 aromatic heterocycles. The molecule has 0 fully saturated rings. The maximum Gasteiger partial charge on any atom is 0.244 e. The number of rotatable bonds is 9. The third-order valence-corrected chi connectivity index (χ3v) is 6.93. The maximum atomic E-state index is 13.4. The van der Waals surface area contributed by atoms with Crippen LogP contribution in [0.3, 0.4) is 0 Å². The van der Waals surface area contributed by atoms with Crippen LogP contribution in [0.25, 0.3) is 0 Å². The smallest absolute Gasteiger partial charge is 0.244 e. The average molecular weight is 579 g/mol. The molecule has 2 aromatic carbocycles. The van der Waals surface area contributed by atoms with Gasteiger partial charge in [-0.3, -0.25) is 13.9 Å². The van der Waals surface area contributed by atoms with E-state index in [2.05, 4.69) is 21.2 Å². The highest BCUT2D eigenvalue weighted by molar-refractivity contribution is 9.10. The van der Waals surface area contributed by atoms with Gasteiger partial charge in [0.2, 0.25) is 21.8 Å². The number of benzene rings is 2. The van der Waals surface area contributed by atoms with Crippen LogP contribution in [-0.2, 0) is 26.2 Å². The largest absolute Gasteiger partial charge is 0.352 e. The summed E-state index contributed by atoms with van der Waals surface area (Å²) >= 11 is 15.6. The summed E-state index contributed by atoms with van der Waals surface area (Å²) in [6.07, 6.45) is 0.978. The molecule has 11 heteroatoms. The van der Waals surface area contributed by atoms with Crippen LogP contribution in [0.4, 0.5) is 5.69 Å². The Morgan fingerprint density at radius 2 is 1.67 bits per heavy atom. The molecule has 1 N–H and O–H groups in total. The molecule has 0 aliphatic heterocycles. The Hall–Kier alpha value is -1.81. The summed E-state index contributed by atoms with van der Waals surface area (Å²) in [5, 5.41) is 3.19. The van der Waals surface area contributed by atoms with Crippen LogP contribution < -0.4 is 9.62 Å². The summed E-state index contributed by atoms with van der Waals surface area (Å²) in [7, 11) is -3.89. The lowest BCUT2D eigenvalue weighted by molar-refractivity contribution is -0.139. The quantitative estimate of drug-likeness (QED) is 0.476. The van der Waals surface area contributed by atoms with Gasteiger partial charge in [-0.1, -0.05) is 51.3 Å². The van der Waals surface area contributed by atoms with Gasteiger partial charge in [-0.2, -0.15) is 0 Å². The molecule has 0 aliphatic carbocycles. The van der Waals surface area contributed by atoms with Gasteiger partial charge in [0.15, 0.2) is 0 Å². The number of sulfonamides is 1. The van der Waals surface area contributed by atoms with Crippen molar-refractivity contribution in [2.45, 2.75) is 39.4 Å². The molecule has 0 bridgehead atoms. The standard InChI is InChI=1S/C22H26BrCl2N3O4S/c1-14(2)26-22(30)15(3)27(12-16-5-7-17(23)8-6-16)21(29)13-28(33(4,31)32)20-11-18(24)9-10-19(20)25/h5-11,14-15H,12-13H2,1-4H3,(H,26,30)/t15-/m1/s1. The van der Waals surface area contributed by atoms with Crippen LogP contribution in [0, 0.1) is 0 Å². The molecular weight excluding hydrogens is 553 g/mol. The van der Waals surface area contributed by atoms with E-state index in [1.807, 2.05) is 38.1 Å². The molecule has 2 amide bonds. The van der Waals surface area contributed by atoms with E-state index in [9.17, 15) is 18.0 Å². The van der Waals surface area contributed by atoms with Crippen molar-refractivity contribution in [3.8, 4) is 0 Å². The Labute approximate surface area is 213 Å². The van der Waals surface area contributed by atoms with E-state index >= 15 is 0 Å². The van der Waals surface area contributed by atoms with Crippen LogP contribution in [0.2, 0.25) is 10.0 Å². The molecule has 0 saturated carbocycles. The first-order valence-corrected chi connectivity index (χ1v) is 13.5. The number of hydrogen-bond acceptors (Lipinski definition) is 4. The SMILES string of the molecule is CC(C)NC(=O)[C@@H](C)N(Cc1ccc(Br)cc1)C(=O)CN(c1cc(Cl)ccc1Cl)S(C)(=O)=O. The molecule has 0 radical (unpaired) electrons. The highest BCUT2D eigenvalue weighted by atomic mass is 79.9. The van der Waals surface area contributed by atoms with Crippen molar-refractivity contribution < 1.29 is 18.0 Å². The van der Waals surface area contributed by atoms with Crippen LogP contribution in [-0.4, -0.2) is 50.0 Å². The molecule has 7 nitrogen and oxygen atoms in total. The molecular formula is C22H26BrCl2N3O4S. The lowest BCUT2D eigenvalue weighted by Crippen LogP contribution is -2.52. The fourth-order valence-corrected chi connectivity index (χ4v) is 4.60. The summed E-state index contributed by atoms with van der Waals surface area (Å²) < 4.78 is 26.9. The zero-order valence-electron chi connectivity index (χ0n) is 18.7. The van der Waals surface area contributed by atoms with E-state index in [4.69, 9.17) is 23.2 Å². The molecule has 0 unspecified atom stereocenters. The number of hydrogen-bond donors (Lipinski definition) is 1.